The standard InChI is InChI=1S/C8H21B4NO2/c1-6(2,3)13-8(11,12)7(9,10)4-5(14)15/h13H,4,9-12H2,1-3H3,(H,14,15). The molecule has 0 saturated heterocycles. The molecule has 0 bridgehead atoms. The summed E-state index contributed by atoms with van der Waals surface area (Å²) < 4.78 is 0. The normalized spacial score (nSPS) is 13.8. The molecule has 15 heavy (non-hydrogen) atoms. The minimum absolute atomic E-state index is 0.0146. The molecule has 0 rings (SSSR count). The maximum Gasteiger partial charge on any atom is 0.302 e. The van der Waals surface area contributed by atoms with Crippen LogP contribution in [0.15, 0.2) is 0 Å². The van der Waals surface area contributed by atoms with Crippen LogP contribution in [0.1, 0.15) is 27.2 Å². The number of nitrogens with one attached hydrogen (secondary N) is 1. The third kappa shape index (κ3) is 4.83. The van der Waals surface area contributed by atoms with E-state index in [0.29, 0.717) is 0 Å². The molecule has 0 aromatic heterocycles. The molecule has 7 heteroatoms. The van der Waals surface area contributed by atoms with Crippen molar-refractivity contribution in [3.63, 3.8) is 0 Å². The van der Waals surface area contributed by atoms with Crippen LogP contribution in [0, 0.1) is 0 Å². The zero-order valence-corrected chi connectivity index (χ0v) is 11.1. The van der Waals surface area contributed by atoms with Gasteiger partial charge in [0.15, 0.2) is 0 Å². The van der Waals surface area contributed by atoms with Crippen molar-refractivity contribution in [2.75, 3.05) is 0 Å². The highest BCUT2D eigenvalue weighted by atomic mass is 16.4. The van der Waals surface area contributed by atoms with Gasteiger partial charge >= 0.3 is 5.97 Å². The van der Waals surface area contributed by atoms with E-state index in [-0.39, 0.29) is 22.5 Å². The van der Waals surface area contributed by atoms with Crippen LogP contribution in [0.25, 0.3) is 0 Å². The Bertz CT molecular complexity index is 248. The van der Waals surface area contributed by atoms with Gasteiger partial charge in [-0.25, -0.2) is 0 Å². The largest absolute Gasteiger partial charge is 0.481 e. The van der Waals surface area contributed by atoms with Crippen LogP contribution >= 0.6 is 0 Å². The van der Waals surface area contributed by atoms with Gasteiger partial charge in [0.1, 0.15) is 31.4 Å². The lowest BCUT2D eigenvalue weighted by Crippen LogP contribution is -2.62. The Morgan fingerprint density at radius 1 is 1.20 bits per heavy atom. The molecule has 0 radical (unpaired) electrons. The molecule has 0 saturated carbocycles. The van der Waals surface area contributed by atoms with Crippen LogP contribution in [0.3, 0.4) is 0 Å². The van der Waals surface area contributed by atoms with E-state index in [4.69, 9.17) is 5.11 Å². The number of aliphatic carboxylic acids is 1. The topological polar surface area (TPSA) is 49.3 Å². The van der Waals surface area contributed by atoms with Crippen molar-refractivity contribution >= 4 is 37.4 Å². The van der Waals surface area contributed by atoms with Gasteiger partial charge in [0.2, 0.25) is 0 Å². The Hall–Kier alpha value is -0.310. The first-order valence-electron chi connectivity index (χ1n) is 5.38. The minimum atomic E-state index is -0.746. The predicted molar refractivity (Wildman–Crippen MR) is 74.7 cm³/mol. The average molecular weight is 207 g/mol. The van der Waals surface area contributed by atoms with E-state index in [0.717, 1.165) is 0 Å². The molecular formula is C8H21B4NO2. The molecule has 0 aliphatic carbocycles. The summed E-state index contributed by atoms with van der Waals surface area (Å²) in [6, 6.07) is 0. The van der Waals surface area contributed by atoms with E-state index in [1.165, 1.54) is 0 Å². The summed E-state index contributed by atoms with van der Waals surface area (Å²) in [5.74, 6) is -0.746. The van der Waals surface area contributed by atoms with E-state index >= 15 is 0 Å². The number of hydrogen-bond acceptors (Lipinski definition) is 2. The average Bonchev–Trinajstić information content (AvgIpc) is 1.75. The van der Waals surface area contributed by atoms with Crippen molar-refractivity contribution < 1.29 is 9.90 Å². The van der Waals surface area contributed by atoms with Crippen LogP contribution < -0.4 is 5.32 Å². The summed E-state index contributed by atoms with van der Waals surface area (Å²) in [5, 5.41) is 11.9. The molecule has 3 nitrogen and oxygen atoms in total. The van der Waals surface area contributed by atoms with Gasteiger partial charge in [-0.2, -0.15) is 0 Å². The second-order valence-corrected chi connectivity index (χ2v) is 6.45. The second kappa shape index (κ2) is 4.28. The highest BCUT2D eigenvalue weighted by Crippen LogP contribution is 2.32. The minimum Gasteiger partial charge on any atom is -0.481 e. The van der Waals surface area contributed by atoms with Crippen molar-refractivity contribution in [1.29, 1.82) is 0 Å². The number of carbonyl (C=O) groups is 1. The highest BCUT2D eigenvalue weighted by molar-refractivity contribution is 6.54. The first kappa shape index (κ1) is 14.7. The van der Waals surface area contributed by atoms with Crippen molar-refractivity contribution in [2.24, 2.45) is 0 Å². The van der Waals surface area contributed by atoms with Gasteiger partial charge in [0.05, 0.1) is 0 Å². The van der Waals surface area contributed by atoms with Crippen molar-refractivity contribution in [3.8, 4) is 0 Å². The van der Waals surface area contributed by atoms with Crippen molar-refractivity contribution in [3.05, 3.63) is 0 Å². The smallest absolute Gasteiger partial charge is 0.302 e. The number of rotatable bonds is 4. The van der Waals surface area contributed by atoms with Crippen molar-refractivity contribution in [1.82, 2.24) is 5.32 Å². The quantitative estimate of drug-likeness (QED) is 0.487. The Balaban J connectivity index is 4.76. The summed E-state index contributed by atoms with van der Waals surface area (Å²) >= 11 is 0. The van der Waals surface area contributed by atoms with Crippen LogP contribution in [0.5, 0.6) is 0 Å². The van der Waals surface area contributed by atoms with Gasteiger partial charge in [-0.15, -0.1) is 0 Å². The first-order chi connectivity index (χ1) is 6.37. The fourth-order valence-corrected chi connectivity index (χ4v) is 1.71. The van der Waals surface area contributed by atoms with Gasteiger partial charge in [0.25, 0.3) is 0 Å². The second-order valence-electron chi connectivity index (χ2n) is 6.45. The number of carboxylic acid groups (broad SMARTS) is 1. The molecule has 0 atom stereocenters. The monoisotopic (exact) mass is 207 g/mol. The summed E-state index contributed by atoms with van der Waals surface area (Å²) in [6.45, 7) is 6.27. The van der Waals surface area contributed by atoms with Gasteiger partial charge in [0, 0.05) is 12.0 Å². The maximum absolute atomic E-state index is 10.8. The zero-order valence-electron chi connectivity index (χ0n) is 11.1. The van der Waals surface area contributed by atoms with Crippen LogP contribution in [0.2, 0.25) is 5.21 Å². The molecule has 2 N–H and O–H groups in total. The van der Waals surface area contributed by atoms with Crippen LogP contribution in [-0.4, -0.2) is 53.3 Å². The molecule has 82 valence electrons. The molecule has 0 aromatic carbocycles. The van der Waals surface area contributed by atoms with E-state index in [1.807, 2.05) is 15.7 Å². The Labute approximate surface area is 96.4 Å². The molecule has 0 fully saturated rings. The Morgan fingerprint density at radius 2 is 1.60 bits per heavy atom. The molecule has 0 aliphatic rings. The molecule has 0 unspecified atom stereocenters. The summed E-state index contributed by atoms with van der Waals surface area (Å²) in [4.78, 5) is 10.8. The summed E-state index contributed by atoms with van der Waals surface area (Å²) in [6.07, 6.45) is 0.170. The molecule has 0 aliphatic heterocycles. The SMILES string of the molecule is BC(B)(CC(=O)O)C(B)(B)NC(C)(C)C. The van der Waals surface area contributed by atoms with Gasteiger partial charge in [-0.3, -0.25) is 4.79 Å². The lowest BCUT2D eigenvalue weighted by Gasteiger charge is -2.46. The third-order valence-electron chi connectivity index (χ3n) is 2.97. The van der Waals surface area contributed by atoms with E-state index in [2.05, 4.69) is 41.8 Å². The molecule has 0 spiro atoms. The fourth-order valence-electron chi connectivity index (χ4n) is 1.71. The fraction of sp³-hybridized carbons (Fsp3) is 0.875. The molecule has 0 heterocycles. The van der Waals surface area contributed by atoms with Gasteiger partial charge in [-0.05, 0) is 26.1 Å². The van der Waals surface area contributed by atoms with Crippen molar-refractivity contribution in [2.45, 2.75) is 43.3 Å². The first-order valence-corrected chi connectivity index (χ1v) is 5.38. The highest BCUT2D eigenvalue weighted by Gasteiger charge is 2.39. The predicted octanol–water partition coefficient (Wildman–Crippen LogP) is -2.85. The van der Waals surface area contributed by atoms with Crippen LogP contribution in [-0.2, 0) is 4.79 Å². The Kier molecular flexibility index (Phi) is 4.19. The lowest BCUT2D eigenvalue weighted by molar-refractivity contribution is -0.137. The molecular weight excluding hydrogens is 185 g/mol. The molecule has 0 aromatic rings. The zero-order chi connectivity index (χ0) is 12.5. The van der Waals surface area contributed by atoms with E-state index < -0.39 is 5.97 Å². The lowest BCUT2D eigenvalue weighted by atomic mass is 9.32. The van der Waals surface area contributed by atoms with Gasteiger partial charge in [-0.1, -0.05) is 5.21 Å². The Morgan fingerprint density at radius 3 is 1.87 bits per heavy atom. The van der Waals surface area contributed by atoms with E-state index in [1.54, 1.807) is 0 Å². The van der Waals surface area contributed by atoms with Crippen LogP contribution in [0.4, 0.5) is 0 Å². The molecule has 0 amide bonds. The number of carboxylic acids is 1. The van der Waals surface area contributed by atoms with E-state index in [9.17, 15) is 4.79 Å². The summed E-state index contributed by atoms with van der Waals surface area (Å²) in [7, 11) is 8.09. The third-order valence-corrected chi connectivity index (χ3v) is 2.97. The number of hydrogen-bond donors (Lipinski definition) is 2. The maximum atomic E-state index is 10.8. The summed E-state index contributed by atoms with van der Waals surface area (Å²) in [5.41, 5.74) is -0.0146. The van der Waals surface area contributed by atoms with Gasteiger partial charge < -0.3 is 10.4 Å².